The SMILES string of the molecule is CC(C)Cc1nc(O)c(C(C)C)c(=O)[nH]1. The molecule has 0 unspecified atom stereocenters. The zero-order valence-electron chi connectivity index (χ0n) is 9.66. The van der Waals surface area contributed by atoms with Crippen molar-refractivity contribution in [3.05, 3.63) is 21.7 Å². The fraction of sp³-hybridized carbons (Fsp3) is 0.636. The summed E-state index contributed by atoms with van der Waals surface area (Å²) in [7, 11) is 0. The summed E-state index contributed by atoms with van der Waals surface area (Å²) >= 11 is 0. The van der Waals surface area contributed by atoms with E-state index in [-0.39, 0.29) is 17.4 Å². The summed E-state index contributed by atoms with van der Waals surface area (Å²) in [6.45, 7) is 7.78. The van der Waals surface area contributed by atoms with Crippen molar-refractivity contribution in [1.82, 2.24) is 9.97 Å². The Hall–Kier alpha value is -1.32. The fourth-order valence-electron chi connectivity index (χ4n) is 1.52. The van der Waals surface area contributed by atoms with E-state index in [1.807, 2.05) is 27.7 Å². The van der Waals surface area contributed by atoms with Crippen LogP contribution in [-0.2, 0) is 6.42 Å². The Morgan fingerprint density at radius 3 is 2.33 bits per heavy atom. The third kappa shape index (κ3) is 2.81. The molecule has 1 aromatic rings. The van der Waals surface area contributed by atoms with E-state index in [4.69, 9.17) is 0 Å². The largest absolute Gasteiger partial charge is 0.493 e. The molecule has 2 N–H and O–H groups in total. The minimum Gasteiger partial charge on any atom is -0.493 e. The summed E-state index contributed by atoms with van der Waals surface area (Å²) in [5, 5.41) is 9.62. The zero-order chi connectivity index (χ0) is 11.6. The molecule has 4 heteroatoms. The molecule has 4 nitrogen and oxygen atoms in total. The van der Waals surface area contributed by atoms with Crippen LogP contribution in [0.15, 0.2) is 4.79 Å². The van der Waals surface area contributed by atoms with Gasteiger partial charge in [0, 0.05) is 6.42 Å². The quantitative estimate of drug-likeness (QED) is 0.799. The van der Waals surface area contributed by atoms with Gasteiger partial charge in [-0.05, 0) is 11.8 Å². The predicted molar refractivity (Wildman–Crippen MR) is 59.2 cm³/mol. The monoisotopic (exact) mass is 210 g/mol. The molecule has 0 amide bonds. The second-order valence-corrected chi connectivity index (χ2v) is 4.50. The maximum absolute atomic E-state index is 11.6. The smallest absolute Gasteiger partial charge is 0.258 e. The van der Waals surface area contributed by atoms with Crippen molar-refractivity contribution in [2.24, 2.45) is 5.92 Å². The summed E-state index contributed by atoms with van der Waals surface area (Å²) in [6.07, 6.45) is 0.668. The molecule has 0 radical (unpaired) electrons. The number of rotatable bonds is 3. The molecule has 0 aliphatic rings. The van der Waals surface area contributed by atoms with Gasteiger partial charge in [-0.25, -0.2) is 4.98 Å². The molecular weight excluding hydrogens is 192 g/mol. The highest BCUT2D eigenvalue weighted by molar-refractivity contribution is 5.25. The first-order valence-corrected chi connectivity index (χ1v) is 5.23. The lowest BCUT2D eigenvalue weighted by Crippen LogP contribution is -2.18. The van der Waals surface area contributed by atoms with E-state index in [1.54, 1.807) is 0 Å². The molecule has 1 rings (SSSR count). The number of H-pyrrole nitrogens is 1. The molecule has 1 heterocycles. The summed E-state index contributed by atoms with van der Waals surface area (Å²) in [6, 6.07) is 0. The zero-order valence-corrected chi connectivity index (χ0v) is 9.66. The Morgan fingerprint density at radius 1 is 1.33 bits per heavy atom. The van der Waals surface area contributed by atoms with Crippen molar-refractivity contribution < 1.29 is 5.11 Å². The van der Waals surface area contributed by atoms with Crippen molar-refractivity contribution in [2.45, 2.75) is 40.0 Å². The Labute approximate surface area is 89.4 Å². The highest BCUT2D eigenvalue weighted by atomic mass is 16.3. The highest BCUT2D eigenvalue weighted by Gasteiger charge is 2.14. The van der Waals surface area contributed by atoms with E-state index in [1.165, 1.54) is 0 Å². The van der Waals surface area contributed by atoms with Gasteiger partial charge in [0.25, 0.3) is 5.56 Å². The summed E-state index contributed by atoms with van der Waals surface area (Å²) in [4.78, 5) is 18.3. The number of nitrogens with one attached hydrogen (secondary N) is 1. The van der Waals surface area contributed by atoms with Gasteiger partial charge in [-0.15, -0.1) is 0 Å². The van der Waals surface area contributed by atoms with Crippen LogP contribution in [0.2, 0.25) is 0 Å². The lowest BCUT2D eigenvalue weighted by molar-refractivity contribution is 0.433. The van der Waals surface area contributed by atoms with Gasteiger partial charge >= 0.3 is 0 Å². The van der Waals surface area contributed by atoms with E-state index >= 15 is 0 Å². The first kappa shape index (κ1) is 11.8. The minimum absolute atomic E-state index is 0.0191. The van der Waals surface area contributed by atoms with Gasteiger partial charge in [0.1, 0.15) is 5.82 Å². The Morgan fingerprint density at radius 2 is 1.93 bits per heavy atom. The van der Waals surface area contributed by atoms with Crippen molar-refractivity contribution in [3.63, 3.8) is 0 Å². The molecule has 0 bridgehead atoms. The number of aromatic amines is 1. The molecule has 0 aliphatic heterocycles. The average Bonchev–Trinajstić information content (AvgIpc) is 1.99. The van der Waals surface area contributed by atoms with Gasteiger partial charge in [0.15, 0.2) is 0 Å². The maximum atomic E-state index is 11.6. The van der Waals surface area contributed by atoms with E-state index < -0.39 is 0 Å². The molecule has 0 atom stereocenters. The molecule has 1 aromatic heterocycles. The average molecular weight is 210 g/mol. The molecule has 0 saturated carbocycles. The molecule has 0 spiro atoms. The van der Waals surface area contributed by atoms with E-state index in [2.05, 4.69) is 9.97 Å². The molecule has 15 heavy (non-hydrogen) atoms. The van der Waals surface area contributed by atoms with Gasteiger partial charge in [-0.2, -0.15) is 0 Å². The fourth-order valence-corrected chi connectivity index (χ4v) is 1.52. The van der Waals surface area contributed by atoms with Gasteiger partial charge in [-0.3, -0.25) is 4.79 Å². The van der Waals surface area contributed by atoms with Gasteiger partial charge in [0.05, 0.1) is 5.56 Å². The number of hydrogen-bond donors (Lipinski definition) is 2. The minimum atomic E-state index is -0.229. The Kier molecular flexibility index (Phi) is 3.50. The first-order valence-electron chi connectivity index (χ1n) is 5.23. The molecular formula is C11H18N2O2. The van der Waals surface area contributed by atoms with Crippen LogP contribution in [0.3, 0.4) is 0 Å². The Bertz CT molecular complexity index is 394. The number of aromatic nitrogens is 2. The van der Waals surface area contributed by atoms with E-state index in [0.717, 1.165) is 0 Å². The van der Waals surface area contributed by atoms with Crippen LogP contribution in [0.25, 0.3) is 0 Å². The van der Waals surface area contributed by atoms with E-state index in [9.17, 15) is 9.90 Å². The predicted octanol–water partition coefficient (Wildman–Crippen LogP) is 1.80. The molecule has 0 fully saturated rings. The third-order valence-electron chi connectivity index (χ3n) is 2.16. The van der Waals surface area contributed by atoms with Crippen molar-refractivity contribution in [3.8, 4) is 5.88 Å². The third-order valence-corrected chi connectivity index (χ3v) is 2.16. The van der Waals surface area contributed by atoms with Gasteiger partial charge in [-0.1, -0.05) is 27.7 Å². The van der Waals surface area contributed by atoms with E-state index in [0.29, 0.717) is 23.7 Å². The first-order chi connectivity index (χ1) is 6.91. The van der Waals surface area contributed by atoms with Crippen LogP contribution in [0.5, 0.6) is 5.88 Å². The second kappa shape index (κ2) is 4.47. The normalized spacial score (nSPS) is 11.3. The molecule has 84 valence electrons. The molecule has 0 aromatic carbocycles. The molecule has 0 aliphatic carbocycles. The molecule has 0 saturated heterocycles. The second-order valence-electron chi connectivity index (χ2n) is 4.50. The summed E-state index contributed by atoms with van der Waals surface area (Å²) in [5.41, 5.74) is 0.135. The van der Waals surface area contributed by atoms with Crippen LogP contribution in [0, 0.1) is 5.92 Å². The standard InChI is InChI=1S/C11H18N2O2/c1-6(2)5-8-12-10(14)9(7(3)4)11(15)13-8/h6-7H,5H2,1-4H3,(H2,12,13,14,15). The Balaban J connectivity index is 3.14. The lowest BCUT2D eigenvalue weighted by Gasteiger charge is -2.09. The van der Waals surface area contributed by atoms with Crippen LogP contribution in [-0.4, -0.2) is 15.1 Å². The van der Waals surface area contributed by atoms with Crippen molar-refractivity contribution in [1.29, 1.82) is 0 Å². The van der Waals surface area contributed by atoms with Crippen LogP contribution < -0.4 is 5.56 Å². The number of nitrogens with zero attached hydrogens (tertiary/aromatic N) is 1. The van der Waals surface area contributed by atoms with Gasteiger partial charge < -0.3 is 10.1 Å². The van der Waals surface area contributed by atoms with Gasteiger partial charge in [0.2, 0.25) is 5.88 Å². The summed E-state index contributed by atoms with van der Waals surface area (Å²) in [5.74, 6) is 0.799. The van der Waals surface area contributed by atoms with Crippen LogP contribution in [0.1, 0.15) is 45.0 Å². The van der Waals surface area contributed by atoms with Crippen molar-refractivity contribution in [2.75, 3.05) is 0 Å². The lowest BCUT2D eigenvalue weighted by atomic mass is 10.1. The van der Waals surface area contributed by atoms with Crippen LogP contribution in [0.4, 0.5) is 0 Å². The maximum Gasteiger partial charge on any atom is 0.258 e. The summed E-state index contributed by atoms with van der Waals surface area (Å²) < 4.78 is 0. The number of aromatic hydroxyl groups is 1. The number of hydrogen-bond acceptors (Lipinski definition) is 3. The van der Waals surface area contributed by atoms with Crippen LogP contribution >= 0.6 is 0 Å². The van der Waals surface area contributed by atoms with Crippen molar-refractivity contribution >= 4 is 0 Å². The highest BCUT2D eigenvalue weighted by Crippen LogP contribution is 2.18. The topological polar surface area (TPSA) is 66.0 Å².